The highest BCUT2D eigenvalue weighted by Crippen LogP contribution is 2.09. The second kappa shape index (κ2) is 3.59. The van der Waals surface area contributed by atoms with Gasteiger partial charge in [0.05, 0.1) is 18.2 Å². The van der Waals surface area contributed by atoms with Crippen LogP contribution in [0.25, 0.3) is 11.0 Å². The lowest BCUT2D eigenvalue weighted by molar-refractivity contribution is 0.197. The van der Waals surface area contributed by atoms with Crippen molar-refractivity contribution in [1.82, 2.24) is 15.0 Å². The first kappa shape index (κ1) is 8.90. The molecule has 0 bridgehead atoms. The molecule has 0 saturated heterocycles. The first-order chi connectivity index (χ1) is 6.81. The van der Waals surface area contributed by atoms with Gasteiger partial charge in [-0.25, -0.2) is 4.68 Å². The highest BCUT2D eigenvalue weighted by molar-refractivity contribution is 5.73. The van der Waals surface area contributed by atoms with Crippen LogP contribution in [0.3, 0.4) is 0 Å². The van der Waals surface area contributed by atoms with E-state index in [4.69, 9.17) is 0 Å². The minimum Gasteiger partial charge on any atom is -0.387 e. The fraction of sp³-hybridized carbons (Fsp3) is 0.200. The minimum absolute atomic E-state index is 0.393. The molecule has 1 aromatic carbocycles. The number of hydrogen-bond acceptors (Lipinski definition) is 3. The molecule has 1 N–H and O–H groups in total. The minimum atomic E-state index is -0.583. The first-order valence-corrected chi connectivity index (χ1v) is 4.40. The van der Waals surface area contributed by atoms with Gasteiger partial charge in [-0.3, -0.25) is 0 Å². The topological polar surface area (TPSA) is 50.9 Å². The maximum Gasteiger partial charge on any atom is 0.113 e. The van der Waals surface area contributed by atoms with Gasteiger partial charge in [-0.05, 0) is 12.1 Å². The predicted octanol–water partition coefficient (Wildman–Crippen LogP) is 0.978. The van der Waals surface area contributed by atoms with Crippen LogP contribution in [0.2, 0.25) is 0 Å². The Morgan fingerprint density at radius 3 is 3.07 bits per heavy atom. The Morgan fingerprint density at radius 1 is 1.50 bits per heavy atom. The summed E-state index contributed by atoms with van der Waals surface area (Å²) < 4.78 is 1.67. The van der Waals surface area contributed by atoms with E-state index < -0.39 is 6.10 Å². The molecule has 2 aromatic rings. The smallest absolute Gasteiger partial charge is 0.113 e. The number of aromatic nitrogens is 3. The van der Waals surface area contributed by atoms with Gasteiger partial charge in [-0.1, -0.05) is 23.4 Å². The molecule has 0 amide bonds. The lowest BCUT2D eigenvalue weighted by Crippen LogP contribution is -2.13. The molecule has 1 unspecified atom stereocenters. The molecule has 14 heavy (non-hydrogen) atoms. The molecule has 4 nitrogen and oxygen atoms in total. The maximum absolute atomic E-state index is 9.38. The van der Waals surface area contributed by atoms with E-state index in [9.17, 15) is 5.11 Å². The molecule has 0 aliphatic heterocycles. The third-order valence-electron chi connectivity index (χ3n) is 2.05. The zero-order valence-electron chi connectivity index (χ0n) is 7.67. The van der Waals surface area contributed by atoms with Gasteiger partial charge in [0.15, 0.2) is 0 Å². The fourth-order valence-corrected chi connectivity index (χ4v) is 1.30. The molecule has 0 aliphatic rings. The van der Waals surface area contributed by atoms with E-state index in [0.29, 0.717) is 6.54 Å². The van der Waals surface area contributed by atoms with Gasteiger partial charge in [0, 0.05) is 0 Å². The van der Waals surface area contributed by atoms with Gasteiger partial charge in [0.1, 0.15) is 5.52 Å². The van der Waals surface area contributed by atoms with Crippen molar-refractivity contribution in [3.63, 3.8) is 0 Å². The SMILES string of the molecule is C=CC(O)Cn1nnc2ccccc21. The van der Waals surface area contributed by atoms with Crippen LogP contribution in [0.5, 0.6) is 0 Å². The summed E-state index contributed by atoms with van der Waals surface area (Å²) in [6.07, 6.45) is 0.899. The number of benzene rings is 1. The average molecular weight is 189 g/mol. The van der Waals surface area contributed by atoms with Crippen molar-refractivity contribution in [2.75, 3.05) is 0 Å². The molecule has 0 radical (unpaired) electrons. The quantitative estimate of drug-likeness (QED) is 0.732. The Balaban J connectivity index is 2.38. The van der Waals surface area contributed by atoms with Crippen LogP contribution >= 0.6 is 0 Å². The molecule has 0 saturated carbocycles. The van der Waals surface area contributed by atoms with Crippen molar-refractivity contribution in [2.24, 2.45) is 0 Å². The van der Waals surface area contributed by atoms with Gasteiger partial charge < -0.3 is 5.11 Å². The third-order valence-corrected chi connectivity index (χ3v) is 2.05. The third kappa shape index (κ3) is 1.52. The van der Waals surface area contributed by atoms with Gasteiger partial charge in [-0.2, -0.15) is 0 Å². The summed E-state index contributed by atoms with van der Waals surface area (Å²) in [5, 5.41) is 17.3. The number of nitrogens with zero attached hydrogens (tertiary/aromatic N) is 3. The zero-order chi connectivity index (χ0) is 9.97. The molecule has 2 rings (SSSR count). The highest BCUT2D eigenvalue weighted by atomic mass is 16.3. The summed E-state index contributed by atoms with van der Waals surface area (Å²) in [7, 11) is 0. The summed E-state index contributed by atoms with van der Waals surface area (Å²) in [5.41, 5.74) is 1.76. The molecular formula is C10H11N3O. The number of aliphatic hydroxyl groups is 1. The van der Waals surface area contributed by atoms with Crippen molar-refractivity contribution < 1.29 is 5.11 Å². The van der Waals surface area contributed by atoms with Crippen LogP contribution < -0.4 is 0 Å². The Morgan fingerprint density at radius 2 is 2.29 bits per heavy atom. The van der Waals surface area contributed by atoms with Crippen LogP contribution in [0.4, 0.5) is 0 Å². The monoisotopic (exact) mass is 189 g/mol. The summed E-state index contributed by atoms with van der Waals surface area (Å²) in [6, 6.07) is 7.64. The Kier molecular flexibility index (Phi) is 2.28. The zero-order valence-corrected chi connectivity index (χ0v) is 7.67. The summed E-state index contributed by atoms with van der Waals surface area (Å²) in [5.74, 6) is 0. The highest BCUT2D eigenvalue weighted by Gasteiger charge is 2.05. The summed E-state index contributed by atoms with van der Waals surface area (Å²) in [4.78, 5) is 0. The molecule has 1 heterocycles. The molecular weight excluding hydrogens is 178 g/mol. The van der Waals surface area contributed by atoms with Crippen LogP contribution in [0.1, 0.15) is 0 Å². The molecule has 0 spiro atoms. The Bertz CT molecular complexity index is 449. The largest absolute Gasteiger partial charge is 0.387 e. The number of hydrogen-bond donors (Lipinski definition) is 1. The molecule has 0 fully saturated rings. The van der Waals surface area contributed by atoms with Crippen LogP contribution in [0, 0.1) is 0 Å². The van der Waals surface area contributed by atoms with Gasteiger partial charge >= 0.3 is 0 Å². The van der Waals surface area contributed by atoms with Crippen molar-refractivity contribution in [2.45, 2.75) is 12.6 Å². The molecule has 0 aliphatic carbocycles. The number of aliphatic hydroxyl groups excluding tert-OH is 1. The van der Waals surface area contributed by atoms with E-state index in [2.05, 4.69) is 16.9 Å². The van der Waals surface area contributed by atoms with E-state index in [-0.39, 0.29) is 0 Å². The maximum atomic E-state index is 9.38. The standard InChI is InChI=1S/C10H11N3O/c1-2-8(14)7-13-10-6-4-3-5-9(10)11-12-13/h2-6,8,14H,1,7H2. The van der Waals surface area contributed by atoms with E-state index in [1.54, 1.807) is 4.68 Å². The fourth-order valence-electron chi connectivity index (χ4n) is 1.30. The summed E-state index contributed by atoms with van der Waals surface area (Å²) >= 11 is 0. The Hall–Kier alpha value is -1.68. The van der Waals surface area contributed by atoms with E-state index in [1.807, 2.05) is 24.3 Å². The van der Waals surface area contributed by atoms with Crippen molar-refractivity contribution in [3.8, 4) is 0 Å². The van der Waals surface area contributed by atoms with E-state index in [1.165, 1.54) is 6.08 Å². The lowest BCUT2D eigenvalue weighted by atomic mass is 10.3. The summed E-state index contributed by atoms with van der Waals surface area (Å²) in [6.45, 7) is 3.90. The second-order valence-corrected chi connectivity index (χ2v) is 3.06. The second-order valence-electron chi connectivity index (χ2n) is 3.06. The molecule has 4 heteroatoms. The number of fused-ring (bicyclic) bond motifs is 1. The first-order valence-electron chi connectivity index (χ1n) is 4.40. The average Bonchev–Trinajstić information content (AvgIpc) is 2.62. The van der Waals surface area contributed by atoms with Crippen LogP contribution in [-0.2, 0) is 6.54 Å². The Labute approximate surface area is 81.5 Å². The molecule has 72 valence electrons. The normalized spacial score (nSPS) is 12.9. The van der Waals surface area contributed by atoms with Gasteiger partial charge in [0.25, 0.3) is 0 Å². The van der Waals surface area contributed by atoms with Gasteiger partial charge in [-0.15, -0.1) is 11.7 Å². The molecule has 1 aromatic heterocycles. The van der Waals surface area contributed by atoms with Crippen LogP contribution in [0.15, 0.2) is 36.9 Å². The van der Waals surface area contributed by atoms with Crippen LogP contribution in [-0.4, -0.2) is 26.2 Å². The van der Waals surface area contributed by atoms with Crippen molar-refractivity contribution in [3.05, 3.63) is 36.9 Å². The number of rotatable bonds is 3. The molecule has 1 atom stereocenters. The van der Waals surface area contributed by atoms with Gasteiger partial charge in [0.2, 0.25) is 0 Å². The van der Waals surface area contributed by atoms with E-state index in [0.717, 1.165) is 11.0 Å². The van der Waals surface area contributed by atoms with E-state index >= 15 is 0 Å². The number of para-hydroxylation sites is 1. The van der Waals surface area contributed by atoms with Crippen molar-refractivity contribution in [1.29, 1.82) is 0 Å². The predicted molar refractivity (Wildman–Crippen MR) is 53.7 cm³/mol. The lowest BCUT2D eigenvalue weighted by Gasteiger charge is -2.04. The van der Waals surface area contributed by atoms with Crippen molar-refractivity contribution >= 4 is 11.0 Å².